The minimum absolute atomic E-state index is 0.0196. The SMILES string of the molecule is COc1nc(-c2cccc(-c3cccc4c3CC[C@@H]4Oc3nc(OC(F)F)c(CN4CC5(C(=O)O)CCC4CC5)cc3Cl)c2Cl)ccc1CNC[C@@H]1CCC(=O)C1. The van der Waals surface area contributed by atoms with Crippen molar-refractivity contribution in [2.24, 2.45) is 11.3 Å². The summed E-state index contributed by atoms with van der Waals surface area (Å²) in [5, 5.41) is 14.1. The Bertz CT molecular complexity index is 2180. The number of rotatable bonds is 14. The van der Waals surface area contributed by atoms with Crippen LogP contribution in [0.4, 0.5) is 8.78 Å². The van der Waals surface area contributed by atoms with Gasteiger partial charge in [-0.15, -0.1) is 0 Å². The molecule has 2 saturated heterocycles. The van der Waals surface area contributed by atoms with Crippen molar-refractivity contribution in [2.45, 2.75) is 89.6 Å². The van der Waals surface area contributed by atoms with Crippen LogP contribution in [0.5, 0.6) is 17.6 Å². The molecule has 4 heterocycles. The summed E-state index contributed by atoms with van der Waals surface area (Å²) in [6.07, 6.45) is 5.65. The number of carbonyl (C=O) groups excluding carboxylic acids is 1. The molecule has 0 amide bonds. The molecule has 4 fully saturated rings. The number of hydrogen-bond acceptors (Lipinski definition) is 9. The van der Waals surface area contributed by atoms with Gasteiger partial charge in [-0.3, -0.25) is 14.5 Å². The quantitative estimate of drug-likeness (QED) is 0.127. The van der Waals surface area contributed by atoms with Crippen LogP contribution in [0.3, 0.4) is 0 Å². The highest BCUT2D eigenvalue weighted by molar-refractivity contribution is 6.36. The molecule has 0 radical (unpaired) electrons. The van der Waals surface area contributed by atoms with E-state index < -0.39 is 24.1 Å². The average molecular weight is 822 g/mol. The molecule has 0 spiro atoms. The molecule has 10 nitrogen and oxygen atoms in total. The third-order valence-corrected chi connectivity index (χ3v) is 12.9. The second kappa shape index (κ2) is 16.5. The van der Waals surface area contributed by atoms with Crippen LogP contribution in [0.1, 0.15) is 79.7 Å². The lowest BCUT2D eigenvalue weighted by Gasteiger charge is -2.50. The fraction of sp³-hybridized carbons (Fsp3) is 0.442. The van der Waals surface area contributed by atoms with Gasteiger partial charge in [-0.1, -0.05) is 65.7 Å². The summed E-state index contributed by atoms with van der Waals surface area (Å²) in [5.41, 5.74) is 5.55. The van der Waals surface area contributed by atoms with Gasteiger partial charge in [-0.25, -0.2) is 4.98 Å². The molecule has 9 rings (SSSR count). The molecule has 57 heavy (non-hydrogen) atoms. The van der Waals surface area contributed by atoms with Gasteiger partial charge in [0, 0.05) is 60.8 Å². The van der Waals surface area contributed by atoms with Gasteiger partial charge in [0.2, 0.25) is 17.6 Å². The molecule has 0 unspecified atom stereocenters. The zero-order valence-electron chi connectivity index (χ0n) is 31.5. The topological polar surface area (TPSA) is 123 Å². The molecule has 5 aliphatic rings. The van der Waals surface area contributed by atoms with E-state index in [1.54, 1.807) is 13.2 Å². The summed E-state index contributed by atoms with van der Waals surface area (Å²) >= 11 is 13.9. The number of aliphatic carboxylic acids is 1. The highest BCUT2D eigenvalue weighted by Gasteiger charge is 2.49. The number of aromatic nitrogens is 2. The predicted molar refractivity (Wildman–Crippen MR) is 211 cm³/mol. The predicted octanol–water partition coefficient (Wildman–Crippen LogP) is 9.08. The number of hydrogen-bond donors (Lipinski definition) is 2. The summed E-state index contributed by atoms with van der Waals surface area (Å²) in [4.78, 5) is 35.0. The van der Waals surface area contributed by atoms with Crippen LogP contribution < -0.4 is 19.5 Å². The number of carbonyl (C=O) groups is 2. The summed E-state index contributed by atoms with van der Waals surface area (Å²) < 4.78 is 44.4. The van der Waals surface area contributed by atoms with E-state index in [9.17, 15) is 23.5 Å². The molecule has 2 bridgehead atoms. The van der Waals surface area contributed by atoms with E-state index in [0.717, 1.165) is 59.2 Å². The van der Waals surface area contributed by atoms with Gasteiger partial charge in [-0.2, -0.15) is 13.8 Å². The zero-order valence-corrected chi connectivity index (χ0v) is 33.1. The first-order valence-electron chi connectivity index (χ1n) is 19.5. The Morgan fingerprint density at radius 3 is 2.47 bits per heavy atom. The minimum atomic E-state index is -3.13. The number of Topliss-reactive ketones (excluding diaryl/α,β-unsaturated/α-hetero) is 1. The lowest BCUT2D eigenvalue weighted by Crippen LogP contribution is -2.56. The Balaban J connectivity index is 1.01. The van der Waals surface area contributed by atoms with E-state index in [1.165, 1.54) is 0 Å². The second-order valence-electron chi connectivity index (χ2n) is 15.7. The van der Waals surface area contributed by atoms with Crippen molar-refractivity contribution >= 4 is 35.0 Å². The number of methoxy groups -OCH3 is 1. The number of carboxylic acids is 1. The standard InChI is InChI=1S/C43H44Cl2F2N4O6/c1-55-38-25(21-48-20-24-8-10-28(52)18-24)9-12-35(49-38)33-7-3-6-32(37(33)45)29-4-2-5-31-30(29)11-13-36(31)56-40-34(44)19-26(39(50-40)57-42(46)47)22-51-23-43(41(53)54)16-14-27(51)15-17-43/h2-7,9,12,19,24,27,36,42,48H,8,10-11,13-18,20-23H2,1H3,(H,53,54)/t24-,27?,36+,43?/m1/s1. The lowest BCUT2D eigenvalue weighted by molar-refractivity contribution is -0.160. The largest absolute Gasteiger partial charge is 0.481 e. The zero-order chi connectivity index (χ0) is 39.8. The van der Waals surface area contributed by atoms with Gasteiger partial charge < -0.3 is 24.6 Å². The molecule has 300 valence electrons. The summed E-state index contributed by atoms with van der Waals surface area (Å²) in [5.74, 6) is 0.0541. The van der Waals surface area contributed by atoms with Crippen molar-refractivity contribution in [3.05, 3.63) is 86.9 Å². The Kier molecular flexibility index (Phi) is 11.4. The molecule has 2 aromatic heterocycles. The van der Waals surface area contributed by atoms with Crippen molar-refractivity contribution in [3.63, 3.8) is 0 Å². The number of fused-ring (bicyclic) bond motifs is 4. The fourth-order valence-electron chi connectivity index (χ4n) is 9.23. The van der Waals surface area contributed by atoms with Crippen molar-refractivity contribution in [2.75, 3.05) is 20.2 Å². The molecule has 3 aliphatic carbocycles. The van der Waals surface area contributed by atoms with E-state index in [4.69, 9.17) is 42.4 Å². The maximum absolute atomic E-state index is 13.7. The van der Waals surface area contributed by atoms with Crippen molar-refractivity contribution in [1.29, 1.82) is 0 Å². The fourth-order valence-corrected chi connectivity index (χ4v) is 9.77. The number of nitrogens with one attached hydrogen (secondary N) is 1. The molecule has 2 saturated carbocycles. The van der Waals surface area contributed by atoms with Crippen LogP contribution in [0.25, 0.3) is 22.4 Å². The Labute approximate surface area is 339 Å². The number of alkyl halides is 2. The number of carboxylic acid groups (broad SMARTS) is 1. The number of ketones is 1. The highest BCUT2D eigenvalue weighted by atomic mass is 35.5. The average Bonchev–Trinajstić information content (AvgIpc) is 3.82. The van der Waals surface area contributed by atoms with Crippen LogP contribution in [0.2, 0.25) is 10.0 Å². The van der Waals surface area contributed by atoms with Crippen LogP contribution in [0.15, 0.2) is 54.6 Å². The summed E-state index contributed by atoms with van der Waals surface area (Å²) in [7, 11) is 1.59. The van der Waals surface area contributed by atoms with Crippen molar-refractivity contribution < 1.29 is 37.7 Å². The van der Waals surface area contributed by atoms with Gasteiger partial charge in [0.1, 0.15) is 16.9 Å². The van der Waals surface area contributed by atoms with Crippen molar-refractivity contribution in [1.82, 2.24) is 20.2 Å². The van der Waals surface area contributed by atoms with E-state index in [-0.39, 0.29) is 29.4 Å². The molecule has 14 heteroatoms. The molecular weight excluding hydrogens is 777 g/mol. The minimum Gasteiger partial charge on any atom is -0.481 e. The molecule has 2 aliphatic heterocycles. The molecule has 2 atom stereocenters. The number of ether oxygens (including phenoxy) is 3. The van der Waals surface area contributed by atoms with Gasteiger partial charge in [-0.05, 0) is 86.2 Å². The highest BCUT2D eigenvalue weighted by Crippen LogP contribution is 2.47. The van der Waals surface area contributed by atoms with Gasteiger partial charge in [0.15, 0.2) is 0 Å². The van der Waals surface area contributed by atoms with E-state index in [2.05, 4.69) is 10.3 Å². The third-order valence-electron chi connectivity index (χ3n) is 12.2. The van der Waals surface area contributed by atoms with Crippen LogP contribution in [-0.4, -0.2) is 64.6 Å². The van der Waals surface area contributed by atoms with E-state index >= 15 is 0 Å². The summed E-state index contributed by atoms with van der Waals surface area (Å²) in [6, 6.07) is 17.4. The number of pyridine rings is 2. The van der Waals surface area contributed by atoms with Crippen molar-refractivity contribution in [3.8, 4) is 40.0 Å². The molecular formula is C43H44Cl2F2N4O6. The van der Waals surface area contributed by atoms with Crippen LogP contribution >= 0.6 is 23.2 Å². The smallest absolute Gasteiger partial charge is 0.388 e. The molecule has 2 aromatic carbocycles. The first-order valence-corrected chi connectivity index (χ1v) is 20.2. The van der Waals surface area contributed by atoms with Crippen LogP contribution in [0, 0.1) is 11.3 Å². The van der Waals surface area contributed by atoms with E-state index in [1.807, 2.05) is 53.4 Å². The van der Waals surface area contributed by atoms with Crippen LogP contribution in [-0.2, 0) is 29.1 Å². The molecule has 4 aromatic rings. The van der Waals surface area contributed by atoms with Gasteiger partial charge in [0.25, 0.3) is 0 Å². The third kappa shape index (κ3) is 8.06. The maximum atomic E-state index is 13.7. The number of benzene rings is 2. The number of piperidine rings is 2. The van der Waals surface area contributed by atoms with Gasteiger partial charge in [0.05, 0.1) is 23.2 Å². The first-order chi connectivity index (χ1) is 27.5. The lowest BCUT2D eigenvalue weighted by atomic mass is 9.67. The monoisotopic (exact) mass is 820 g/mol. The van der Waals surface area contributed by atoms with E-state index in [0.29, 0.717) is 85.5 Å². The second-order valence-corrected chi connectivity index (χ2v) is 16.5. The van der Waals surface area contributed by atoms with Gasteiger partial charge >= 0.3 is 12.6 Å². The number of nitrogens with zero attached hydrogens (tertiary/aromatic N) is 3. The first kappa shape index (κ1) is 39.5. The normalized spacial score (nSPS) is 22.9. The maximum Gasteiger partial charge on any atom is 0.388 e. The summed E-state index contributed by atoms with van der Waals surface area (Å²) in [6.45, 7) is -1.30. The number of halogens is 4. The Morgan fingerprint density at radius 2 is 1.74 bits per heavy atom. The Morgan fingerprint density at radius 1 is 0.965 bits per heavy atom. The Hall–Kier alpha value is -4.36. The molecule has 2 N–H and O–H groups in total.